The molecule has 2 aliphatic rings. The number of carbonyl (C=O) groups excluding carboxylic acids is 1. The summed E-state index contributed by atoms with van der Waals surface area (Å²) in [6, 6.07) is 32.9. The summed E-state index contributed by atoms with van der Waals surface area (Å²) in [4.78, 5) is 15.8. The maximum atomic E-state index is 13.5. The fourth-order valence-corrected chi connectivity index (χ4v) is 6.15. The molecule has 0 aliphatic carbocycles. The predicted octanol–water partition coefficient (Wildman–Crippen LogP) is 6.21. The number of esters is 1. The summed E-state index contributed by atoms with van der Waals surface area (Å²) >= 11 is 0. The molecule has 188 valence electrons. The van der Waals surface area contributed by atoms with Crippen LogP contribution in [0.2, 0.25) is 0 Å². The van der Waals surface area contributed by atoms with Gasteiger partial charge in [0.05, 0.1) is 24.5 Å². The van der Waals surface area contributed by atoms with Gasteiger partial charge < -0.3 is 18.8 Å². The Hall–Kier alpha value is -4.35. The number of anilines is 1. The van der Waals surface area contributed by atoms with Gasteiger partial charge in [0.15, 0.2) is 0 Å². The first-order chi connectivity index (χ1) is 18.7. The lowest BCUT2D eigenvalue weighted by Crippen LogP contribution is -2.36. The van der Waals surface area contributed by atoms with Crippen molar-refractivity contribution in [2.45, 2.75) is 12.5 Å². The molecule has 0 radical (unpaired) electrons. The van der Waals surface area contributed by atoms with Crippen LogP contribution in [-0.4, -0.2) is 36.7 Å². The summed E-state index contributed by atoms with van der Waals surface area (Å²) in [5.74, 6) is -0.305. The third kappa shape index (κ3) is 3.32. The second-order valence-electron chi connectivity index (χ2n) is 9.93. The number of aryl methyl sites for hydroxylation is 1. The van der Waals surface area contributed by atoms with Crippen molar-refractivity contribution in [3.05, 3.63) is 131 Å². The number of nitrogens with zero attached hydrogens (tertiary/aromatic N) is 2. The number of aromatic nitrogens is 1. The second-order valence-corrected chi connectivity index (χ2v) is 9.93. The van der Waals surface area contributed by atoms with Gasteiger partial charge in [0.1, 0.15) is 0 Å². The number of ether oxygens (including phenoxy) is 2. The molecule has 2 aliphatic heterocycles. The summed E-state index contributed by atoms with van der Waals surface area (Å²) in [5.41, 5.74) is 7.78. The van der Waals surface area contributed by atoms with Crippen LogP contribution in [0.15, 0.2) is 103 Å². The summed E-state index contributed by atoms with van der Waals surface area (Å²) in [6.07, 6.45) is 2.07. The van der Waals surface area contributed by atoms with E-state index >= 15 is 0 Å². The fraction of sp³-hybridized carbons (Fsp3) is 0.182. The predicted molar refractivity (Wildman–Crippen MR) is 149 cm³/mol. The Labute approximate surface area is 221 Å². The number of fused-ring (bicyclic) bond motifs is 2. The minimum atomic E-state index is -1.11. The van der Waals surface area contributed by atoms with Crippen LogP contribution in [0.1, 0.15) is 32.7 Å². The van der Waals surface area contributed by atoms with Gasteiger partial charge in [0.25, 0.3) is 0 Å². The average molecular weight is 501 g/mol. The third-order valence-electron chi connectivity index (χ3n) is 7.91. The number of benzene rings is 3. The number of cyclic esters (lactones) is 1. The Morgan fingerprint density at radius 1 is 0.789 bits per heavy atom. The van der Waals surface area contributed by atoms with Crippen molar-refractivity contribution in [3.8, 4) is 11.1 Å². The SMILES string of the molecule is Cc1c(-c2ccccc2)c(C2(c3ccc(N4CCOCC4)cc3)OC(=O)c3ccccc32)n2ccccc12. The maximum absolute atomic E-state index is 13.5. The van der Waals surface area contributed by atoms with Crippen molar-refractivity contribution in [2.24, 2.45) is 0 Å². The quantitative estimate of drug-likeness (QED) is 0.275. The molecule has 1 atom stereocenters. The van der Waals surface area contributed by atoms with Gasteiger partial charge in [-0.1, -0.05) is 66.7 Å². The molecule has 1 saturated heterocycles. The molecule has 4 heterocycles. The van der Waals surface area contributed by atoms with E-state index in [1.807, 2.05) is 36.4 Å². The highest BCUT2D eigenvalue weighted by Crippen LogP contribution is 2.51. The summed E-state index contributed by atoms with van der Waals surface area (Å²) in [5, 5.41) is 0. The molecule has 38 heavy (non-hydrogen) atoms. The molecule has 0 amide bonds. The number of pyridine rings is 1. The zero-order chi connectivity index (χ0) is 25.7. The van der Waals surface area contributed by atoms with Crippen LogP contribution in [-0.2, 0) is 15.1 Å². The lowest BCUT2D eigenvalue weighted by Gasteiger charge is -2.33. The van der Waals surface area contributed by atoms with Gasteiger partial charge in [-0.3, -0.25) is 0 Å². The summed E-state index contributed by atoms with van der Waals surface area (Å²) < 4.78 is 14.3. The van der Waals surface area contributed by atoms with Crippen molar-refractivity contribution >= 4 is 17.2 Å². The van der Waals surface area contributed by atoms with E-state index in [1.165, 1.54) is 0 Å². The molecule has 3 aromatic carbocycles. The molecule has 1 unspecified atom stereocenters. The smallest absolute Gasteiger partial charge is 0.340 e. The zero-order valence-corrected chi connectivity index (χ0v) is 21.3. The van der Waals surface area contributed by atoms with Crippen molar-refractivity contribution in [2.75, 3.05) is 31.2 Å². The maximum Gasteiger partial charge on any atom is 0.340 e. The van der Waals surface area contributed by atoms with Gasteiger partial charge in [0, 0.05) is 47.2 Å². The van der Waals surface area contributed by atoms with Crippen LogP contribution >= 0.6 is 0 Å². The molecule has 0 bridgehead atoms. The van der Waals surface area contributed by atoms with Gasteiger partial charge in [-0.05, 0) is 48.4 Å². The lowest BCUT2D eigenvalue weighted by molar-refractivity contribution is 0.0238. The number of morpholine rings is 1. The molecule has 0 spiro atoms. The Balaban J connectivity index is 1.54. The topological polar surface area (TPSA) is 43.2 Å². The molecule has 0 saturated carbocycles. The highest BCUT2D eigenvalue weighted by atomic mass is 16.6. The van der Waals surface area contributed by atoms with Crippen molar-refractivity contribution < 1.29 is 14.3 Å². The minimum absolute atomic E-state index is 0.305. The van der Waals surface area contributed by atoms with Crippen LogP contribution in [0.25, 0.3) is 16.6 Å². The van der Waals surface area contributed by atoms with E-state index in [2.05, 4.69) is 83.1 Å². The molecule has 5 heteroatoms. The molecule has 2 aromatic heterocycles. The normalized spacial score (nSPS) is 19.0. The number of rotatable bonds is 4. The van der Waals surface area contributed by atoms with Crippen LogP contribution in [0.5, 0.6) is 0 Å². The Kier molecular flexibility index (Phi) is 5.34. The Morgan fingerprint density at radius 2 is 1.50 bits per heavy atom. The van der Waals surface area contributed by atoms with Crippen LogP contribution < -0.4 is 4.90 Å². The monoisotopic (exact) mass is 500 g/mol. The van der Waals surface area contributed by atoms with Gasteiger partial charge in [0.2, 0.25) is 5.60 Å². The van der Waals surface area contributed by atoms with Gasteiger partial charge in [-0.2, -0.15) is 0 Å². The zero-order valence-electron chi connectivity index (χ0n) is 21.3. The summed E-state index contributed by atoms with van der Waals surface area (Å²) in [6.45, 7) is 5.34. The largest absolute Gasteiger partial charge is 0.439 e. The molecule has 5 aromatic rings. The van der Waals surface area contributed by atoms with Crippen LogP contribution in [0.3, 0.4) is 0 Å². The van der Waals surface area contributed by atoms with E-state index in [-0.39, 0.29) is 5.97 Å². The number of carbonyl (C=O) groups is 1. The standard InChI is InChI=1S/C33H28N2O3/c1-23-29-13-7-8-18-35(29)31(30(23)24-9-3-2-4-10-24)33(28-12-6-5-11-27(28)32(36)38-33)25-14-16-26(17-15-25)34-19-21-37-22-20-34/h2-18H,19-22H2,1H3. The first-order valence-electron chi connectivity index (χ1n) is 13.1. The van der Waals surface area contributed by atoms with Crippen molar-refractivity contribution in [1.29, 1.82) is 0 Å². The van der Waals surface area contributed by atoms with E-state index in [0.717, 1.165) is 71.0 Å². The average Bonchev–Trinajstić information content (AvgIpc) is 3.46. The highest BCUT2D eigenvalue weighted by molar-refractivity contribution is 5.97. The number of hydrogen-bond donors (Lipinski definition) is 0. The molecule has 1 fully saturated rings. The van der Waals surface area contributed by atoms with Gasteiger partial charge in [-0.25, -0.2) is 4.79 Å². The molecule has 5 nitrogen and oxygen atoms in total. The first-order valence-corrected chi connectivity index (χ1v) is 13.1. The number of hydrogen-bond acceptors (Lipinski definition) is 4. The van der Waals surface area contributed by atoms with Crippen molar-refractivity contribution in [1.82, 2.24) is 4.40 Å². The van der Waals surface area contributed by atoms with E-state index < -0.39 is 5.60 Å². The first kappa shape index (κ1) is 22.8. The molecular weight excluding hydrogens is 472 g/mol. The van der Waals surface area contributed by atoms with Gasteiger partial charge >= 0.3 is 5.97 Å². The summed E-state index contributed by atoms with van der Waals surface area (Å²) in [7, 11) is 0. The lowest BCUT2D eigenvalue weighted by atomic mass is 9.79. The van der Waals surface area contributed by atoms with Crippen LogP contribution in [0, 0.1) is 6.92 Å². The molecule has 0 N–H and O–H groups in total. The van der Waals surface area contributed by atoms with Gasteiger partial charge in [-0.15, -0.1) is 0 Å². The van der Waals surface area contributed by atoms with Crippen molar-refractivity contribution in [3.63, 3.8) is 0 Å². The van der Waals surface area contributed by atoms with Crippen LogP contribution in [0.4, 0.5) is 5.69 Å². The van der Waals surface area contributed by atoms with E-state index in [1.54, 1.807) is 0 Å². The molecular formula is C33H28N2O3. The minimum Gasteiger partial charge on any atom is -0.439 e. The Bertz CT molecular complexity index is 1650. The second kappa shape index (κ2) is 8.89. The molecule has 7 rings (SSSR count). The Morgan fingerprint density at radius 3 is 2.29 bits per heavy atom. The van der Waals surface area contributed by atoms with E-state index in [4.69, 9.17) is 9.47 Å². The van der Waals surface area contributed by atoms with E-state index in [0.29, 0.717) is 5.56 Å². The highest BCUT2D eigenvalue weighted by Gasteiger charge is 2.51. The third-order valence-corrected chi connectivity index (χ3v) is 7.91. The van der Waals surface area contributed by atoms with E-state index in [9.17, 15) is 4.79 Å². The fourth-order valence-electron chi connectivity index (χ4n) is 6.15.